The number of nitro groups is 1. The topological polar surface area (TPSA) is 58.4 Å². The molecule has 0 radical (unpaired) electrons. The van der Waals surface area contributed by atoms with E-state index in [4.69, 9.17) is 0 Å². The minimum absolute atomic E-state index is 0.0171. The minimum Gasteiger partial charge on any atom is -0.363 e. The van der Waals surface area contributed by atoms with Gasteiger partial charge in [-0.3, -0.25) is 10.1 Å². The lowest BCUT2D eigenvalue weighted by atomic mass is 10.1. The van der Waals surface area contributed by atoms with Gasteiger partial charge in [-0.1, -0.05) is 0 Å². The Hall–Kier alpha value is -1.28. The lowest BCUT2D eigenvalue weighted by Gasteiger charge is -2.33. The molecular weight excluding hydrogens is 324 g/mol. The first kappa shape index (κ1) is 14.1. The number of halogens is 3. The Kier molecular flexibility index (Phi) is 4.00. The van der Waals surface area contributed by atoms with Crippen molar-refractivity contribution in [2.24, 2.45) is 0 Å². The van der Waals surface area contributed by atoms with E-state index >= 15 is 0 Å². The van der Waals surface area contributed by atoms with Gasteiger partial charge in [0.05, 0.1) is 9.40 Å². The second-order valence-corrected chi connectivity index (χ2v) is 5.21. The Balaban J connectivity index is 2.52. The summed E-state index contributed by atoms with van der Waals surface area (Å²) in [6.45, 7) is 3.44. The van der Waals surface area contributed by atoms with Crippen LogP contribution in [-0.4, -0.2) is 30.6 Å². The van der Waals surface area contributed by atoms with Crippen molar-refractivity contribution in [3.8, 4) is 0 Å². The fourth-order valence-electron chi connectivity index (χ4n) is 2.14. The zero-order valence-corrected chi connectivity index (χ0v) is 11.7. The number of anilines is 1. The number of hydrogen-bond donors (Lipinski definition) is 1. The van der Waals surface area contributed by atoms with Crippen molar-refractivity contribution in [2.45, 2.75) is 13.0 Å². The standard InChI is InChI=1S/C11H12BrF2N3O2/c1-6-5-16(3-2-15-6)8-4-7(13)9(12)10(14)11(8)17(18)19/h4,6,15H,2-3,5H2,1H3/t6-/m0/s1. The molecule has 1 aliphatic heterocycles. The maximum absolute atomic E-state index is 13.9. The molecule has 1 N–H and O–H groups in total. The number of nitrogens with zero attached hydrogens (tertiary/aromatic N) is 2. The predicted molar refractivity (Wildman–Crippen MR) is 70.4 cm³/mol. The van der Waals surface area contributed by atoms with Crippen LogP contribution in [0.5, 0.6) is 0 Å². The Morgan fingerprint density at radius 3 is 2.84 bits per heavy atom. The average Bonchev–Trinajstić information content (AvgIpc) is 2.35. The van der Waals surface area contributed by atoms with Crippen molar-refractivity contribution < 1.29 is 13.7 Å². The van der Waals surface area contributed by atoms with Crippen LogP contribution in [0.15, 0.2) is 10.5 Å². The summed E-state index contributed by atoms with van der Waals surface area (Å²) in [5.74, 6) is -2.02. The predicted octanol–water partition coefficient (Wildman–Crippen LogP) is 2.43. The second kappa shape index (κ2) is 5.38. The van der Waals surface area contributed by atoms with Crippen molar-refractivity contribution in [3.63, 3.8) is 0 Å². The largest absolute Gasteiger partial charge is 0.363 e. The highest BCUT2D eigenvalue weighted by Crippen LogP contribution is 2.37. The molecule has 0 amide bonds. The molecule has 1 heterocycles. The molecule has 0 spiro atoms. The number of nitrogens with one attached hydrogen (secondary N) is 1. The molecule has 0 bridgehead atoms. The van der Waals surface area contributed by atoms with Gasteiger partial charge < -0.3 is 10.2 Å². The van der Waals surface area contributed by atoms with E-state index in [2.05, 4.69) is 21.2 Å². The number of nitro benzene ring substituents is 1. The van der Waals surface area contributed by atoms with E-state index in [1.807, 2.05) is 6.92 Å². The summed E-state index contributed by atoms with van der Waals surface area (Å²) in [6.07, 6.45) is 0. The summed E-state index contributed by atoms with van der Waals surface area (Å²) >= 11 is 2.68. The first-order valence-electron chi connectivity index (χ1n) is 5.72. The van der Waals surface area contributed by atoms with Crippen LogP contribution in [0.3, 0.4) is 0 Å². The van der Waals surface area contributed by atoms with Gasteiger partial charge in [-0.2, -0.15) is 4.39 Å². The third kappa shape index (κ3) is 2.69. The van der Waals surface area contributed by atoms with E-state index in [0.29, 0.717) is 19.6 Å². The number of piperazine rings is 1. The SMILES string of the molecule is C[C@H]1CN(c2cc(F)c(Br)c(F)c2[N+](=O)[O-])CCN1. The molecule has 0 aliphatic carbocycles. The molecule has 19 heavy (non-hydrogen) atoms. The zero-order chi connectivity index (χ0) is 14.2. The van der Waals surface area contributed by atoms with Gasteiger partial charge in [0.2, 0.25) is 5.82 Å². The van der Waals surface area contributed by atoms with Crippen molar-refractivity contribution in [1.29, 1.82) is 0 Å². The fraction of sp³-hybridized carbons (Fsp3) is 0.455. The second-order valence-electron chi connectivity index (χ2n) is 4.41. The van der Waals surface area contributed by atoms with E-state index in [9.17, 15) is 18.9 Å². The first-order valence-corrected chi connectivity index (χ1v) is 6.51. The highest BCUT2D eigenvalue weighted by Gasteiger charge is 2.30. The van der Waals surface area contributed by atoms with Crippen LogP contribution in [0.25, 0.3) is 0 Å². The highest BCUT2D eigenvalue weighted by atomic mass is 79.9. The lowest BCUT2D eigenvalue weighted by molar-refractivity contribution is -0.386. The molecule has 104 valence electrons. The molecule has 5 nitrogen and oxygen atoms in total. The molecule has 1 atom stereocenters. The van der Waals surface area contributed by atoms with Gasteiger partial charge in [-0.05, 0) is 22.9 Å². The maximum Gasteiger partial charge on any atom is 0.329 e. The van der Waals surface area contributed by atoms with Crippen LogP contribution in [0.2, 0.25) is 0 Å². The van der Waals surface area contributed by atoms with Crippen LogP contribution < -0.4 is 10.2 Å². The van der Waals surface area contributed by atoms with Gasteiger partial charge in [0, 0.05) is 31.7 Å². The van der Waals surface area contributed by atoms with Crippen molar-refractivity contribution in [3.05, 3.63) is 32.3 Å². The van der Waals surface area contributed by atoms with Crippen LogP contribution in [-0.2, 0) is 0 Å². The van der Waals surface area contributed by atoms with E-state index in [1.165, 1.54) is 0 Å². The molecule has 1 saturated heterocycles. The Labute approximate surface area is 116 Å². The van der Waals surface area contributed by atoms with Crippen molar-refractivity contribution in [2.75, 3.05) is 24.5 Å². The van der Waals surface area contributed by atoms with Gasteiger partial charge in [0.1, 0.15) is 11.5 Å². The summed E-state index contributed by atoms with van der Waals surface area (Å²) < 4.78 is 26.9. The molecule has 1 aliphatic rings. The Bertz CT molecular complexity index is 527. The van der Waals surface area contributed by atoms with Crippen molar-refractivity contribution >= 4 is 27.3 Å². The normalized spacial score (nSPS) is 19.6. The molecule has 0 unspecified atom stereocenters. The first-order chi connectivity index (χ1) is 8.91. The fourth-order valence-corrected chi connectivity index (χ4v) is 2.44. The third-order valence-electron chi connectivity index (χ3n) is 3.01. The maximum atomic E-state index is 13.9. The highest BCUT2D eigenvalue weighted by molar-refractivity contribution is 9.10. The van der Waals surface area contributed by atoms with Crippen LogP contribution >= 0.6 is 15.9 Å². The molecule has 8 heteroatoms. The zero-order valence-electron chi connectivity index (χ0n) is 10.1. The number of benzene rings is 1. The molecule has 1 fully saturated rings. The van der Waals surface area contributed by atoms with E-state index in [1.54, 1.807) is 4.90 Å². The molecule has 0 aromatic heterocycles. The van der Waals surface area contributed by atoms with E-state index in [0.717, 1.165) is 6.07 Å². The summed E-state index contributed by atoms with van der Waals surface area (Å²) in [5, 5.41) is 14.2. The van der Waals surface area contributed by atoms with Gasteiger partial charge in [0.25, 0.3) is 0 Å². The molecule has 0 saturated carbocycles. The molecule has 1 aromatic carbocycles. The summed E-state index contributed by atoms with van der Waals surface area (Å²) in [7, 11) is 0. The summed E-state index contributed by atoms with van der Waals surface area (Å²) in [6, 6.07) is 1.10. The number of hydrogen-bond acceptors (Lipinski definition) is 4. The smallest absolute Gasteiger partial charge is 0.329 e. The number of rotatable bonds is 2. The van der Waals surface area contributed by atoms with Gasteiger partial charge in [0.15, 0.2) is 0 Å². The van der Waals surface area contributed by atoms with Gasteiger partial charge >= 0.3 is 5.69 Å². The average molecular weight is 336 g/mol. The molecular formula is C11H12BrF2N3O2. The lowest BCUT2D eigenvalue weighted by Crippen LogP contribution is -2.49. The van der Waals surface area contributed by atoms with Crippen molar-refractivity contribution in [1.82, 2.24) is 5.32 Å². The quantitative estimate of drug-likeness (QED) is 0.512. The van der Waals surface area contributed by atoms with Crippen LogP contribution in [0.1, 0.15) is 6.92 Å². The van der Waals surface area contributed by atoms with Gasteiger partial charge in [-0.25, -0.2) is 4.39 Å². The Morgan fingerprint density at radius 2 is 2.26 bits per heavy atom. The van der Waals surface area contributed by atoms with Crippen LogP contribution in [0, 0.1) is 21.7 Å². The van der Waals surface area contributed by atoms with Gasteiger partial charge in [-0.15, -0.1) is 0 Å². The summed E-state index contributed by atoms with van der Waals surface area (Å²) in [5.41, 5.74) is -0.709. The van der Waals surface area contributed by atoms with E-state index < -0.39 is 26.7 Å². The van der Waals surface area contributed by atoms with Crippen LogP contribution in [0.4, 0.5) is 20.2 Å². The van der Waals surface area contributed by atoms with E-state index in [-0.39, 0.29) is 11.7 Å². The monoisotopic (exact) mass is 335 g/mol. The Morgan fingerprint density at radius 1 is 1.58 bits per heavy atom. The molecule has 1 aromatic rings. The third-order valence-corrected chi connectivity index (χ3v) is 3.74. The minimum atomic E-state index is -1.17. The summed E-state index contributed by atoms with van der Waals surface area (Å²) in [4.78, 5) is 11.8. The molecule has 2 rings (SSSR count).